The molecule has 2 heteroatoms. The summed E-state index contributed by atoms with van der Waals surface area (Å²) >= 11 is 0. The summed E-state index contributed by atoms with van der Waals surface area (Å²) in [7, 11) is 0. The fourth-order valence-electron chi connectivity index (χ4n) is 4.74. The Kier molecular flexibility index (Phi) is 3.86. The summed E-state index contributed by atoms with van der Waals surface area (Å²) in [4.78, 5) is 12.3. The molecule has 2 spiro atoms. The standard InChI is InChI=1S/C17H28O2/c18-15-16(11-7-3-1-4-8-12-16)17(19-15)13-9-5-2-6-10-14-17/h1-14H2. The highest BCUT2D eigenvalue weighted by Crippen LogP contribution is 2.58. The fourth-order valence-corrected chi connectivity index (χ4v) is 4.74. The Morgan fingerprint density at radius 3 is 1.53 bits per heavy atom. The molecule has 0 amide bonds. The number of rotatable bonds is 0. The molecule has 0 N–H and O–H groups in total. The Bertz CT molecular complexity index is 318. The van der Waals surface area contributed by atoms with Crippen molar-refractivity contribution in [2.75, 3.05) is 0 Å². The van der Waals surface area contributed by atoms with Crippen LogP contribution in [-0.2, 0) is 9.53 Å². The van der Waals surface area contributed by atoms with E-state index in [1.54, 1.807) is 0 Å². The second-order valence-corrected chi connectivity index (χ2v) is 7.00. The van der Waals surface area contributed by atoms with Crippen molar-refractivity contribution in [1.82, 2.24) is 0 Å². The predicted octanol–water partition coefficient (Wildman–Crippen LogP) is 4.76. The zero-order chi connectivity index (χ0) is 13.2. The second-order valence-electron chi connectivity index (χ2n) is 7.00. The van der Waals surface area contributed by atoms with Crippen LogP contribution in [0.3, 0.4) is 0 Å². The van der Waals surface area contributed by atoms with Crippen LogP contribution in [0.15, 0.2) is 0 Å². The van der Waals surface area contributed by atoms with E-state index in [1.165, 1.54) is 64.2 Å². The highest BCUT2D eigenvalue weighted by atomic mass is 16.6. The Morgan fingerprint density at radius 1 is 0.632 bits per heavy atom. The lowest BCUT2D eigenvalue weighted by Crippen LogP contribution is -2.67. The van der Waals surface area contributed by atoms with Gasteiger partial charge in [0.1, 0.15) is 11.0 Å². The molecule has 108 valence electrons. The molecule has 1 aliphatic heterocycles. The van der Waals surface area contributed by atoms with E-state index in [0.717, 1.165) is 25.7 Å². The summed E-state index contributed by atoms with van der Waals surface area (Å²) in [6, 6.07) is 0. The molecule has 0 atom stereocenters. The van der Waals surface area contributed by atoms with Crippen molar-refractivity contribution in [3.8, 4) is 0 Å². The van der Waals surface area contributed by atoms with E-state index in [4.69, 9.17) is 4.74 Å². The molecular formula is C17H28O2. The van der Waals surface area contributed by atoms with Gasteiger partial charge in [0, 0.05) is 0 Å². The van der Waals surface area contributed by atoms with E-state index >= 15 is 0 Å². The topological polar surface area (TPSA) is 26.3 Å². The van der Waals surface area contributed by atoms with E-state index in [-0.39, 0.29) is 17.0 Å². The van der Waals surface area contributed by atoms with Crippen LogP contribution in [0.1, 0.15) is 89.9 Å². The minimum Gasteiger partial charge on any atom is -0.457 e. The van der Waals surface area contributed by atoms with Crippen LogP contribution in [0.5, 0.6) is 0 Å². The molecule has 2 aliphatic carbocycles. The lowest BCUT2D eigenvalue weighted by atomic mass is 9.57. The van der Waals surface area contributed by atoms with Gasteiger partial charge in [-0.3, -0.25) is 4.79 Å². The van der Waals surface area contributed by atoms with Crippen LogP contribution >= 0.6 is 0 Å². The summed E-state index contributed by atoms with van der Waals surface area (Å²) in [5.74, 6) is 0.148. The number of carbonyl (C=O) groups is 1. The molecule has 0 bridgehead atoms. The third-order valence-electron chi connectivity index (χ3n) is 5.92. The first-order valence-electron chi connectivity index (χ1n) is 8.53. The summed E-state index contributed by atoms with van der Waals surface area (Å²) in [6.07, 6.45) is 17.5. The van der Waals surface area contributed by atoms with Gasteiger partial charge in [0.15, 0.2) is 0 Å². The highest BCUT2D eigenvalue weighted by Gasteiger charge is 2.66. The molecule has 1 heterocycles. The quantitative estimate of drug-likeness (QED) is 0.590. The zero-order valence-electron chi connectivity index (χ0n) is 12.2. The molecular weight excluding hydrogens is 236 g/mol. The molecule has 1 saturated heterocycles. The van der Waals surface area contributed by atoms with Crippen LogP contribution < -0.4 is 0 Å². The molecule has 3 fully saturated rings. The van der Waals surface area contributed by atoms with E-state index in [1.807, 2.05) is 0 Å². The van der Waals surface area contributed by atoms with Gasteiger partial charge in [-0.25, -0.2) is 0 Å². The van der Waals surface area contributed by atoms with E-state index < -0.39 is 0 Å². The molecule has 0 aromatic carbocycles. The molecule has 2 saturated carbocycles. The van der Waals surface area contributed by atoms with Crippen molar-refractivity contribution in [1.29, 1.82) is 0 Å². The van der Waals surface area contributed by atoms with Gasteiger partial charge in [-0.05, 0) is 38.5 Å². The van der Waals surface area contributed by atoms with Gasteiger partial charge in [0.25, 0.3) is 0 Å². The third kappa shape index (κ3) is 2.21. The number of fused-ring (bicyclic) bond motifs is 1. The highest BCUT2D eigenvalue weighted by molar-refractivity contribution is 5.85. The van der Waals surface area contributed by atoms with Gasteiger partial charge in [0.05, 0.1) is 0 Å². The lowest BCUT2D eigenvalue weighted by molar-refractivity contribution is -0.254. The van der Waals surface area contributed by atoms with Crippen molar-refractivity contribution >= 4 is 5.97 Å². The second kappa shape index (κ2) is 5.46. The van der Waals surface area contributed by atoms with E-state index in [2.05, 4.69) is 0 Å². The maximum atomic E-state index is 12.3. The summed E-state index contributed by atoms with van der Waals surface area (Å²) in [6.45, 7) is 0. The Hall–Kier alpha value is -0.530. The van der Waals surface area contributed by atoms with Crippen LogP contribution in [0.2, 0.25) is 0 Å². The number of ether oxygens (including phenoxy) is 1. The van der Waals surface area contributed by atoms with Crippen molar-refractivity contribution in [3.05, 3.63) is 0 Å². The van der Waals surface area contributed by atoms with Crippen molar-refractivity contribution in [2.24, 2.45) is 5.41 Å². The van der Waals surface area contributed by atoms with Crippen LogP contribution in [-0.4, -0.2) is 11.6 Å². The first-order chi connectivity index (χ1) is 9.29. The molecule has 0 aromatic rings. The normalized spacial score (nSPS) is 30.6. The number of hydrogen-bond donors (Lipinski definition) is 0. The number of hydrogen-bond acceptors (Lipinski definition) is 2. The Morgan fingerprint density at radius 2 is 1.05 bits per heavy atom. The van der Waals surface area contributed by atoms with Gasteiger partial charge in [-0.1, -0.05) is 51.4 Å². The van der Waals surface area contributed by atoms with Gasteiger partial charge in [-0.15, -0.1) is 0 Å². The summed E-state index contributed by atoms with van der Waals surface area (Å²) in [5, 5.41) is 0. The van der Waals surface area contributed by atoms with Gasteiger partial charge < -0.3 is 4.74 Å². The summed E-state index contributed by atoms with van der Waals surface area (Å²) < 4.78 is 5.85. The largest absolute Gasteiger partial charge is 0.457 e. The third-order valence-corrected chi connectivity index (χ3v) is 5.92. The van der Waals surface area contributed by atoms with E-state index in [9.17, 15) is 4.79 Å². The maximum absolute atomic E-state index is 12.3. The fraction of sp³-hybridized carbons (Fsp3) is 0.941. The lowest BCUT2D eigenvalue weighted by Gasteiger charge is -2.58. The Labute approximate surface area is 117 Å². The minimum absolute atomic E-state index is 0.0537. The van der Waals surface area contributed by atoms with Crippen LogP contribution in [0, 0.1) is 5.41 Å². The molecule has 2 nitrogen and oxygen atoms in total. The summed E-state index contributed by atoms with van der Waals surface area (Å²) in [5.41, 5.74) is -0.132. The van der Waals surface area contributed by atoms with Crippen LogP contribution in [0.4, 0.5) is 0 Å². The first kappa shape index (κ1) is 13.5. The minimum atomic E-state index is -0.0786. The maximum Gasteiger partial charge on any atom is 0.316 e. The molecule has 0 radical (unpaired) electrons. The van der Waals surface area contributed by atoms with Gasteiger partial charge in [0.2, 0.25) is 0 Å². The van der Waals surface area contributed by atoms with Gasteiger partial charge >= 0.3 is 5.97 Å². The smallest absolute Gasteiger partial charge is 0.316 e. The van der Waals surface area contributed by atoms with Crippen molar-refractivity contribution < 1.29 is 9.53 Å². The SMILES string of the molecule is O=C1OC2(CCCCCCC2)C12CCCCCCC2. The number of esters is 1. The first-order valence-corrected chi connectivity index (χ1v) is 8.53. The van der Waals surface area contributed by atoms with Gasteiger partial charge in [-0.2, -0.15) is 0 Å². The van der Waals surface area contributed by atoms with Crippen LogP contribution in [0.25, 0.3) is 0 Å². The average Bonchev–Trinajstić information content (AvgIpc) is 2.31. The molecule has 0 unspecified atom stereocenters. The molecule has 19 heavy (non-hydrogen) atoms. The predicted molar refractivity (Wildman–Crippen MR) is 75.9 cm³/mol. The number of carbonyl (C=O) groups excluding carboxylic acids is 1. The monoisotopic (exact) mass is 264 g/mol. The Balaban J connectivity index is 1.80. The zero-order valence-corrected chi connectivity index (χ0v) is 12.2. The average molecular weight is 264 g/mol. The molecule has 3 rings (SSSR count). The van der Waals surface area contributed by atoms with Crippen molar-refractivity contribution in [2.45, 2.75) is 95.5 Å². The van der Waals surface area contributed by atoms with E-state index in [0.29, 0.717) is 0 Å². The van der Waals surface area contributed by atoms with Crippen molar-refractivity contribution in [3.63, 3.8) is 0 Å². The molecule has 0 aromatic heterocycles. The molecule has 3 aliphatic rings.